The molecule has 8 nitrogen and oxygen atoms in total. The third-order valence-corrected chi connectivity index (χ3v) is 4.84. The molecule has 0 N–H and O–H groups in total. The van der Waals surface area contributed by atoms with E-state index >= 15 is 0 Å². The van der Waals surface area contributed by atoms with E-state index in [-0.39, 0.29) is 36.3 Å². The van der Waals surface area contributed by atoms with Crippen LogP contribution >= 0.6 is 0 Å². The van der Waals surface area contributed by atoms with E-state index in [9.17, 15) is 19.2 Å². The third kappa shape index (κ3) is 3.33. The van der Waals surface area contributed by atoms with Crippen LogP contribution in [0.25, 0.3) is 0 Å². The molecule has 2 amide bonds. The van der Waals surface area contributed by atoms with Crippen molar-refractivity contribution in [2.24, 2.45) is 0 Å². The fourth-order valence-electron chi connectivity index (χ4n) is 3.36. The number of hydrogen-bond acceptors (Lipinski definition) is 7. The van der Waals surface area contributed by atoms with Gasteiger partial charge in [-0.2, -0.15) is 0 Å². The van der Waals surface area contributed by atoms with Crippen LogP contribution in [0, 0.1) is 0 Å². The van der Waals surface area contributed by atoms with E-state index in [2.05, 4.69) is 0 Å². The second-order valence-electron chi connectivity index (χ2n) is 6.63. The van der Waals surface area contributed by atoms with E-state index in [4.69, 9.17) is 14.2 Å². The van der Waals surface area contributed by atoms with Gasteiger partial charge < -0.3 is 14.2 Å². The fourth-order valence-corrected chi connectivity index (χ4v) is 3.36. The van der Waals surface area contributed by atoms with E-state index in [0.29, 0.717) is 23.1 Å². The van der Waals surface area contributed by atoms with Gasteiger partial charge in [-0.25, -0.2) is 9.59 Å². The fraction of sp³-hybridized carbons (Fsp3) is 0.238. The summed E-state index contributed by atoms with van der Waals surface area (Å²) >= 11 is 0. The number of fused-ring (bicyclic) bond motifs is 1. The summed E-state index contributed by atoms with van der Waals surface area (Å²) in [6, 6.07) is 11.3. The third-order valence-electron chi connectivity index (χ3n) is 4.84. The first-order valence-electron chi connectivity index (χ1n) is 8.99. The van der Waals surface area contributed by atoms with E-state index in [1.165, 1.54) is 13.2 Å². The van der Waals surface area contributed by atoms with Crippen LogP contribution in [0.3, 0.4) is 0 Å². The zero-order valence-electron chi connectivity index (χ0n) is 15.5. The van der Waals surface area contributed by atoms with Gasteiger partial charge in [0.15, 0.2) is 0 Å². The number of carbonyl (C=O) groups excluding carboxylic acids is 4. The largest absolute Gasteiger partial charge is 0.496 e. The van der Waals surface area contributed by atoms with E-state index < -0.39 is 18.0 Å². The summed E-state index contributed by atoms with van der Waals surface area (Å²) in [4.78, 5) is 50.4. The van der Waals surface area contributed by atoms with Gasteiger partial charge in [0.1, 0.15) is 11.3 Å². The Morgan fingerprint density at radius 3 is 2.38 bits per heavy atom. The van der Waals surface area contributed by atoms with Crippen molar-refractivity contribution in [1.29, 1.82) is 0 Å². The Morgan fingerprint density at radius 1 is 1.10 bits per heavy atom. The molecule has 0 saturated carbocycles. The smallest absolute Gasteiger partial charge is 0.347 e. The summed E-state index contributed by atoms with van der Waals surface area (Å²) < 4.78 is 15.2. The maximum atomic E-state index is 12.6. The Balaban J connectivity index is 1.57. The van der Waals surface area contributed by atoms with E-state index in [0.717, 1.165) is 4.90 Å². The molecule has 1 atom stereocenters. The number of hydrogen-bond donors (Lipinski definition) is 0. The molecule has 0 unspecified atom stereocenters. The molecule has 0 aliphatic carbocycles. The molecule has 2 heterocycles. The molecule has 2 aromatic carbocycles. The van der Waals surface area contributed by atoms with Crippen molar-refractivity contribution in [3.05, 3.63) is 64.7 Å². The van der Waals surface area contributed by atoms with Crippen molar-refractivity contribution in [2.45, 2.75) is 19.1 Å². The van der Waals surface area contributed by atoms with E-state index in [1.54, 1.807) is 36.4 Å². The Hall–Kier alpha value is -3.68. The average molecular weight is 395 g/mol. The first-order valence-corrected chi connectivity index (χ1v) is 8.99. The number of cyclic esters (lactones) is 1. The lowest BCUT2D eigenvalue weighted by Crippen LogP contribution is -2.29. The highest BCUT2D eigenvalue weighted by Crippen LogP contribution is 2.27. The van der Waals surface area contributed by atoms with Gasteiger partial charge in [-0.05, 0) is 29.8 Å². The number of amides is 2. The summed E-state index contributed by atoms with van der Waals surface area (Å²) in [5.41, 5.74) is 1.35. The minimum atomic E-state index is -0.952. The maximum absolute atomic E-state index is 12.6. The summed E-state index contributed by atoms with van der Waals surface area (Å²) in [5.74, 6) is -1.85. The Kier molecular flexibility index (Phi) is 4.75. The highest BCUT2D eigenvalue weighted by molar-refractivity contribution is 6.21. The molecule has 0 spiro atoms. The number of rotatable bonds is 5. The number of benzene rings is 2. The Morgan fingerprint density at radius 2 is 1.79 bits per heavy atom. The molecule has 2 aliphatic rings. The van der Waals surface area contributed by atoms with Crippen LogP contribution in [0.15, 0.2) is 42.5 Å². The Labute approximate surface area is 166 Å². The summed E-state index contributed by atoms with van der Waals surface area (Å²) in [7, 11) is 1.40. The van der Waals surface area contributed by atoms with Gasteiger partial charge in [0.05, 0.1) is 31.4 Å². The highest BCUT2D eigenvalue weighted by Gasteiger charge is 2.35. The molecule has 4 rings (SSSR count). The molecular formula is C21H17NO7. The lowest BCUT2D eigenvalue weighted by Gasteiger charge is -2.16. The summed E-state index contributed by atoms with van der Waals surface area (Å²) in [5, 5.41) is 0. The maximum Gasteiger partial charge on any atom is 0.347 e. The zero-order valence-corrected chi connectivity index (χ0v) is 15.5. The highest BCUT2D eigenvalue weighted by atomic mass is 16.6. The average Bonchev–Trinajstić information content (AvgIpc) is 3.24. The number of carbonyl (C=O) groups is 4. The molecule has 1 fully saturated rings. The lowest BCUT2D eigenvalue weighted by molar-refractivity contribution is -0.145. The van der Waals surface area contributed by atoms with Crippen LogP contribution in [0.4, 0.5) is 0 Å². The SMILES string of the molecule is COc1ccc(CN2C(=O)c3ccccc3C2=O)cc1C(=O)O[C@H]1CCOC1=O. The number of esters is 2. The first-order chi connectivity index (χ1) is 14.0. The van der Waals surface area contributed by atoms with Gasteiger partial charge in [-0.1, -0.05) is 18.2 Å². The van der Waals surface area contributed by atoms with Gasteiger partial charge in [0.2, 0.25) is 6.10 Å². The van der Waals surface area contributed by atoms with Crippen LogP contribution in [-0.2, 0) is 20.8 Å². The van der Waals surface area contributed by atoms with Crippen LogP contribution in [0.5, 0.6) is 5.75 Å². The summed E-state index contributed by atoms with van der Waals surface area (Å²) in [6.07, 6.45) is -0.658. The van der Waals surface area contributed by atoms with Gasteiger partial charge in [0, 0.05) is 6.42 Å². The predicted octanol–water partition coefficient (Wildman–Crippen LogP) is 1.96. The molecule has 2 aliphatic heterocycles. The second-order valence-corrected chi connectivity index (χ2v) is 6.63. The molecule has 0 aromatic heterocycles. The van der Waals surface area contributed by atoms with Crippen molar-refractivity contribution in [3.8, 4) is 5.75 Å². The molecule has 0 bridgehead atoms. The van der Waals surface area contributed by atoms with Gasteiger partial charge in [-0.15, -0.1) is 0 Å². The zero-order chi connectivity index (χ0) is 20.5. The molecule has 148 valence electrons. The van der Waals surface area contributed by atoms with E-state index in [1.807, 2.05) is 0 Å². The number of ether oxygens (including phenoxy) is 3. The van der Waals surface area contributed by atoms with Crippen molar-refractivity contribution in [1.82, 2.24) is 4.90 Å². The number of methoxy groups -OCH3 is 1. The normalized spacial score (nSPS) is 17.9. The molecule has 29 heavy (non-hydrogen) atoms. The minimum Gasteiger partial charge on any atom is -0.496 e. The first kappa shape index (κ1) is 18.7. The molecule has 1 saturated heterocycles. The minimum absolute atomic E-state index is 0.0118. The van der Waals surface area contributed by atoms with Gasteiger partial charge in [0.25, 0.3) is 11.8 Å². The molecule has 8 heteroatoms. The van der Waals surface area contributed by atoms with Crippen LogP contribution < -0.4 is 4.74 Å². The lowest BCUT2D eigenvalue weighted by atomic mass is 10.1. The van der Waals surface area contributed by atoms with Crippen molar-refractivity contribution in [3.63, 3.8) is 0 Å². The van der Waals surface area contributed by atoms with Gasteiger partial charge in [-0.3, -0.25) is 14.5 Å². The summed E-state index contributed by atoms with van der Waals surface area (Å²) in [6.45, 7) is 0.190. The second kappa shape index (κ2) is 7.38. The van der Waals surface area contributed by atoms with Crippen LogP contribution in [-0.4, -0.2) is 48.5 Å². The standard InChI is InChI=1S/C21H17NO7/c1-27-16-7-6-12(10-15(16)20(25)29-17-8-9-28-21(17)26)11-22-18(23)13-4-2-3-5-14(13)19(22)24/h2-7,10,17H,8-9,11H2,1H3/t17-/m0/s1. The molecule has 2 aromatic rings. The molecule has 0 radical (unpaired) electrons. The van der Waals surface area contributed by atoms with Gasteiger partial charge >= 0.3 is 11.9 Å². The van der Waals surface area contributed by atoms with Crippen molar-refractivity contribution < 1.29 is 33.4 Å². The number of nitrogens with zero attached hydrogens (tertiary/aromatic N) is 1. The quantitative estimate of drug-likeness (QED) is 0.564. The van der Waals surface area contributed by atoms with Crippen LogP contribution in [0.1, 0.15) is 43.1 Å². The monoisotopic (exact) mass is 395 g/mol. The topological polar surface area (TPSA) is 99.2 Å². The van der Waals surface area contributed by atoms with Crippen molar-refractivity contribution >= 4 is 23.8 Å². The van der Waals surface area contributed by atoms with Crippen LogP contribution in [0.2, 0.25) is 0 Å². The molecular weight excluding hydrogens is 378 g/mol. The predicted molar refractivity (Wildman–Crippen MR) is 98.4 cm³/mol. The Bertz CT molecular complexity index is 994. The van der Waals surface area contributed by atoms with Crippen molar-refractivity contribution in [2.75, 3.05) is 13.7 Å². The number of imide groups is 1.